The van der Waals surface area contributed by atoms with Gasteiger partial charge in [0.1, 0.15) is 0 Å². The molecule has 0 bridgehead atoms. The van der Waals surface area contributed by atoms with E-state index in [1.165, 1.54) is 15.3 Å². The molecule has 0 aromatic carbocycles. The van der Waals surface area contributed by atoms with Gasteiger partial charge in [-0.05, 0) is 0 Å². The van der Waals surface area contributed by atoms with Gasteiger partial charge in [0.25, 0.3) is 0 Å². The number of alkyl halides is 3. The number of hydrogen-bond acceptors (Lipinski definition) is 0. The summed E-state index contributed by atoms with van der Waals surface area (Å²) in [6.07, 6.45) is 1.18. The van der Waals surface area contributed by atoms with Crippen molar-refractivity contribution in [3.63, 3.8) is 0 Å². The Kier molecular flexibility index (Phi) is 6.15. The van der Waals surface area contributed by atoms with E-state index in [4.69, 9.17) is 11.6 Å². The van der Waals surface area contributed by atoms with Gasteiger partial charge in [-0.3, -0.25) is 0 Å². The molecule has 0 saturated heterocycles. The van der Waals surface area contributed by atoms with E-state index in [-0.39, 0.29) is 0 Å². The van der Waals surface area contributed by atoms with E-state index in [9.17, 15) is 0 Å². The molecule has 2 heteroatoms. The number of rotatable bonds is 4. The molecule has 11 heavy (non-hydrogen) atoms. The van der Waals surface area contributed by atoms with Gasteiger partial charge in [-0.2, -0.15) is 0 Å². The SMILES string of the molecule is CC[C@@H]([ClH+])C[I-]CC(C)(C)C. The van der Waals surface area contributed by atoms with Crippen molar-refractivity contribution < 1.29 is 32.8 Å². The van der Waals surface area contributed by atoms with E-state index < -0.39 is 0 Å². The topological polar surface area (TPSA) is 0 Å². The molecular formula is C9H20ClI. The van der Waals surface area contributed by atoms with Gasteiger partial charge in [-0.15, -0.1) is 0 Å². The van der Waals surface area contributed by atoms with Gasteiger partial charge in [-0.1, -0.05) is 0 Å². The van der Waals surface area contributed by atoms with E-state index in [0.717, 1.165) is 0 Å². The molecule has 0 amide bonds. The van der Waals surface area contributed by atoms with E-state index in [2.05, 4.69) is 27.7 Å². The molecule has 70 valence electrons. The molecule has 0 N–H and O–H groups in total. The molecule has 0 aliphatic heterocycles. The fourth-order valence-corrected chi connectivity index (χ4v) is 4.41. The second-order valence-electron chi connectivity index (χ2n) is 4.07. The fourth-order valence-electron chi connectivity index (χ4n) is 0.569. The van der Waals surface area contributed by atoms with E-state index in [1.54, 1.807) is 0 Å². The van der Waals surface area contributed by atoms with Crippen molar-refractivity contribution in [2.45, 2.75) is 39.5 Å². The zero-order chi connectivity index (χ0) is 8.91. The zero-order valence-electron chi connectivity index (χ0n) is 7.98. The third kappa shape index (κ3) is 8.93. The third-order valence-electron chi connectivity index (χ3n) is 1.23. The first kappa shape index (κ1) is 12.0. The molecule has 0 rings (SSSR count). The summed E-state index contributed by atoms with van der Waals surface area (Å²) in [4.78, 5) is 0. The molecule has 0 radical (unpaired) electrons. The molecule has 0 fully saturated rings. The van der Waals surface area contributed by atoms with Crippen LogP contribution in [0.4, 0.5) is 0 Å². The molecule has 0 nitrogen and oxygen atoms in total. The van der Waals surface area contributed by atoms with Gasteiger partial charge < -0.3 is 0 Å². The van der Waals surface area contributed by atoms with Crippen LogP contribution in [0.15, 0.2) is 0 Å². The Morgan fingerprint density at radius 1 is 1.36 bits per heavy atom. The maximum atomic E-state index is 5.25. The Balaban J connectivity index is 3.28. The molecule has 1 atom stereocenters. The van der Waals surface area contributed by atoms with Crippen molar-refractivity contribution in [1.29, 1.82) is 0 Å². The Hall–Kier alpha value is 1.02. The normalized spacial score (nSPS) is 15.4. The molecule has 0 heterocycles. The average Bonchev–Trinajstić information content (AvgIpc) is 1.85. The van der Waals surface area contributed by atoms with Crippen LogP contribution in [0, 0.1) is 17.0 Å². The Labute approximate surface area is 86.3 Å². The first-order valence-electron chi connectivity index (χ1n) is 4.15. The molecule has 0 aromatic heterocycles. The second kappa shape index (κ2) is 5.63. The van der Waals surface area contributed by atoms with E-state index in [0.29, 0.717) is 32.0 Å². The summed E-state index contributed by atoms with van der Waals surface area (Å²) in [5, 5.41) is 0.560. The Morgan fingerprint density at radius 3 is 2.27 bits per heavy atom. The van der Waals surface area contributed by atoms with Crippen LogP contribution >= 0.6 is 0 Å². The number of halogens is 2. The quantitative estimate of drug-likeness (QED) is 0.469. The molecule has 0 aromatic rings. The van der Waals surface area contributed by atoms with Gasteiger partial charge in [-0.25, -0.2) is 0 Å². The van der Waals surface area contributed by atoms with E-state index in [1.807, 2.05) is 0 Å². The van der Waals surface area contributed by atoms with Crippen LogP contribution < -0.4 is 21.2 Å². The summed E-state index contributed by atoms with van der Waals surface area (Å²) < 4.78 is 2.75. The van der Waals surface area contributed by atoms with Crippen LogP contribution in [0.5, 0.6) is 0 Å². The summed E-state index contributed by atoms with van der Waals surface area (Å²) in [6.45, 7) is 9.14. The van der Waals surface area contributed by atoms with Crippen molar-refractivity contribution in [2.24, 2.45) is 5.41 Å². The Morgan fingerprint density at radius 2 is 1.91 bits per heavy atom. The first-order valence-corrected chi connectivity index (χ1v) is 7.67. The van der Waals surface area contributed by atoms with Crippen LogP contribution in [-0.4, -0.2) is 14.2 Å². The zero-order valence-corrected chi connectivity index (χ0v) is 11.0. The average molecular weight is 291 g/mol. The van der Waals surface area contributed by atoms with Crippen LogP contribution in [0.3, 0.4) is 0 Å². The van der Waals surface area contributed by atoms with Gasteiger partial charge in [0.15, 0.2) is 0 Å². The van der Waals surface area contributed by atoms with Crippen molar-refractivity contribution in [2.75, 3.05) is 8.86 Å². The van der Waals surface area contributed by atoms with Crippen LogP contribution in [0.25, 0.3) is 0 Å². The summed E-state index contributed by atoms with van der Waals surface area (Å²) >= 11 is 5.64. The molecule has 0 saturated carbocycles. The van der Waals surface area contributed by atoms with Gasteiger partial charge in [0.05, 0.1) is 0 Å². The van der Waals surface area contributed by atoms with Gasteiger partial charge in [0.2, 0.25) is 0 Å². The summed E-state index contributed by atoms with van der Waals surface area (Å²) in [6, 6.07) is 0. The van der Waals surface area contributed by atoms with Gasteiger partial charge >= 0.3 is 86.6 Å². The molecule has 0 aliphatic rings. The van der Waals surface area contributed by atoms with Gasteiger partial charge in [0, 0.05) is 0 Å². The molecule has 0 aliphatic carbocycles. The standard InChI is InChI=1S/C9H20ClI/c1-5-8(10)6-11-7-9(2,3)4/h8,10H,5-7H2,1-4H3/t8-/m1/s1. The van der Waals surface area contributed by atoms with Crippen molar-refractivity contribution in [3.8, 4) is 0 Å². The molecule has 0 unspecified atom stereocenters. The van der Waals surface area contributed by atoms with Crippen LogP contribution in [0.1, 0.15) is 34.1 Å². The minimum absolute atomic E-state index is 0.384. The summed E-state index contributed by atoms with van der Waals surface area (Å²) in [5.41, 5.74) is 0.538. The fraction of sp³-hybridized carbons (Fsp3) is 1.00. The monoisotopic (exact) mass is 290 g/mol. The van der Waals surface area contributed by atoms with E-state index >= 15 is 0 Å². The second-order valence-corrected chi connectivity index (χ2v) is 7.46. The maximum absolute atomic E-state index is 5.25. The molecule has 0 spiro atoms. The number of hydrogen-bond donors (Lipinski definition) is 0. The van der Waals surface area contributed by atoms with Crippen molar-refractivity contribution >= 4 is 0 Å². The third-order valence-corrected chi connectivity index (χ3v) is 6.84. The van der Waals surface area contributed by atoms with Crippen molar-refractivity contribution in [3.05, 3.63) is 0 Å². The Bertz CT molecular complexity index is 96.2. The predicted octanol–water partition coefficient (Wildman–Crippen LogP) is -0.818. The first-order chi connectivity index (χ1) is 4.95. The predicted molar refractivity (Wildman–Crippen MR) is 44.7 cm³/mol. The van der Waals surface area contributed by atoms with Crippen molar-refractivity contribution in [1.82, 2.24) is 0 Å². The van der Waals surface area contributed by atoms with Crippen LogP contribution in [0.2, 0.25) is 0 Å². The summed E-state index contributed by atoms with van der Waals surface area (Å²) in [7, 11) is 0. The summed E-state index contributed by atoms with van der Waals surface area (Å²) in [5.74, 6) is 0. The van der Waals surface area contributed by atoms with Crippen LogP contribution in [-0.2, 0) is 0 Å². The molecular weight excluding hydrogens is 270 g/mol. The minimum atomic E-state index is 0.384.